The summed E-state index contributed by atoms with van der Waals surface area (Å²) in [5.41, 5.74) is -1.15. The second-order valence-corrected chi connectivity index (χ2v) is 6.81. The number of hydrogen-bond donors (Lipinski definition) is 3. The second kappa shape index (κ2) is 7.90. The monoisotopic (exact) mass is 360 g/mol. The zero-order chi connectivity index (χ0) is 18.6. The number of aromatic nitrogens is 3. The summed E-state index contributed by atoms with van der Waals surface area (Å²) in [4.78, 5) is 9.10. The number of aliphatic imine (C=N–C) groups is 1. The molecule has 2 atom stereocenters. The minimum Gasteiger partial charge on any atom is -0.466 e. The summed E-state index contributed by atoms with van der Waals surface area (Å²) in [6.45, 7) is 7.51. The topological polar surface area (TPSA) is 100 Å². The third-order valence-electron chi connectivity index (χ3n) is 4.50. The van der Waals surface area contributed by atoms with E-state index in [2.05, 4.69) is 32.6 Å². The van der Waals surface area contributed by atoms with Crippen LogP contribution in [0.15, 0.2) is 27.8 Å². The van der Waals surface area contributed by atoms with Crippen LogP contribution < -0.4 is 10.6 Å². The number of nitrogens with zero attached hydrogens (tertiary/aromatic N) is 4. The fourth-order valence-electron chi connectivity index (χ4n) is 3.04. The number of nitrogens with one attached hydrogen (secondary N) is 2. The number of guanidine groups is 1. The number of rotatable bonds is 6. The fourth-order valence-corrected chi connectivity index (χ4v) is 3.04. The number of aryl methyl sites for hydroxylation is 2. The van der Waals surface area contributed by atoms with E-state index < -0.39 is 5.60 Å². The molecule has 0 spiro atoms. The van der Waals surface area contributed by atoms with Crippen molar-refractivity contribution in [1.82, 2.24) is 25.4 Å². The summed E-state index contributed by atoms with van der Waals surface area (Å²) in [6.07, 6.45) is 4.28. The maximum absolute atomic E-state index is 10.6. The molecule has 142 valence electrons. The number of hydrogen-bond acceptors (Lipinski definition) is 5. The van der Waals surface area contributed by atoms with Gasteiger partial charge < -0.3 is 20.2 Å². The molecular weight excluding hydrogens is 332 g/mol. The van der Waals surface area contributed by atoms with Crippen LogP contribution in [0.3, 0.4) is 0 Å². The first-order chi connectivity index (χ1) is 12.5. The molecule has 1 aliphatic rings. The largest absolute Gasteiger partial charge is 0.466 e. The first-order valence-electron chi connectivity index (χ1n) is 9.25. The van der Waals surface area contributed by atoms with Crippen LogP contribution in [0.25, 0.3) is 0 Å². The molecule has 0 aromatic carbocycles. The quantitative estimate of drug-likeness (QED) is 0.529. The molecule has 0 fully saturated rings. The van der Waals surface area contributed by atoms with Crippen LogP contribution in [0.4, 0.5) is 0 Å². The van der Waals surface area contributed by atoms with Gasteiger partial charge in [0.15, 0.2) is 11.8 Å². The highest BCUT2D eigenvalue weighted by Crippen LogP contribution is 2.21. The molecule has 26 heavy (non-hydrogen) atoms. The van der Waals surface area contributed by atoms with E-state index in [1.807, 2.05) is 11.6 Å². The van der Waals surface area contributed by atoms with Crippen molar-refractivity contribution < 1.29 is 9.52 Å². The highest BCUT2D eigenvalue weighted by Gasteiger charge is 2.27. The van der Waals surface area contributed by atoms with E-state index in [4.69, 9.17) is 4.42 Å². The summed E-state index contributed by atoms with van der Waals surface area (Å²) >= 11 is 0. The molecule has 0 saturated heterocycles. The maximum atomic E-state index is 10.6. The Morgan fingerprint density at radius 2 is 2.35 bits per heavy atom. The van der Waals surface area contributed by atoms with Gasteiger partial charge in [-0.3, -0.25) is 0 Å². The third kappa shape index (κ3) is 4.24. The molecule has 2 aromatic rings. The van der Waals surface area contributed by atoms with E-state index in [1.54, 1.807) is 25.3 Å². The first-order valence-corrected chi connectivity index (χ1v) is 9.25. The molecule has 1 aliphatic heterocycles. The average Bonchev–Trinajstić information content (AvgIpc) is 3.29. The highest BCUT2D eigenvalue weighted by molar-refractivity contribution is 5.80. The molecule has 0 aliphatic carbocycles. The summed E-state index contributed by atoms with van der Waals surface area (Å²) in [5.74, 6) is 3.15. The maximum Gasteiger partial charge on any atom is 0.191 e. The molecule has 3 heterocycles. The Morgan fingerprint density at radius 3 is 3.04 bits per heavy atom. The van der Waals surface area contributed by atoms with Gasteiger partial charge in [0.05, 0.1) is 19.4 Å². The Morgan fingerprint density at radius 1 is 1.50 bits per heavy atom. The van der Waals surface area contributed by atoms with E-state index in [1.165, 1.54) is 0 Å². The lowest BCUT2D eigenvalue weighted by atomic mass is 10.0. The van der Waals surface area contributed by atoms with Crippen molar-refractivity contribution in [3.8, 4) is 0 Å². The van der Waals surface area contributed by atoms with E-state index in [9.17, 15) is 5.11 Å². The molecule has 8 heteroatoms. The van der Waals surface area contributed by atoms with Crippen molar-refractivity contribution in [2.75, 3.05) is 13.1 Å². The smallest absolute Gasteiger partial charge is 0.191 e. The SMILES string of the molecule is CCNC(=NCC(C)(O)c1ccco1)NC1CCc2nc(CC)nn2C1. The Balaban J connectivity index is 1.65. The Bertz CT molecular complexity index is 735. The minimum atomic E-state index is -1.15. The number of aliphatic hydroxyl groups is 1. The Labute approximate surface area is 153 Å². The van der Waals surface area contributed by atoms with Crippen molar-refractivity contribution in [2.45, 2.75) is 58.2 Å². The molecule has 0 bridgehead atoms. The van der Waals surface area contributed by atoms with Crippen LogP contribution in [0.1, 0.15) is 44.6 Å². The van der Waals surface area contributed by atoms with Crippen LogP contribution in [-0.2, 0) is 25.0 Å². The van der Waals surface area contributed by atoms with E-state index in [0.717, 1.165) is 44.0 Å². The molecule has 0 radical (unpaired) electrons. The molecule has 8 nitrogen and oxygen atoms in total. The summed E-state index contributed by atoms with van der Waals surface area (Å²) in [7, 11) is 0. The fraction of sp³-hybridized carbons (Fsp3) is 0.611. The van der Waals surface area contributed by atoms with Crippen LogP contribution >= 0.6 is 0 Å². The van der Waals surface area contributed by atoms with Gasteiger partial charge in [-0.2, -0.15) is 5.10 Å². The molecule has 3 rings (SSSR count). The van der Waals surface area contributed by atoms with Gasteiger partial charge in [0, 0.05) is 25.4 Å². The van der Waals surface area contributed by atoms with Crippen molar-refractivity contribution in [1.29, 1.82) is 0 Å². The van der Waals surface area contributed by atoms with Crippen molar-refractivity contribution in [2.24, 2.45) is 4.99 Å². The molecular formula is C18H28N6O2. The van der Waals surface area contributed by atoms with E-state index in [0.29, 0.717) is 11.7 Å². The zero-order valence-corrected chi connectivity index (χ0v) is 15.7. The van der Waals surface area contributed by atoms with Gasteiger partial charge in [0.25, 0.3) is 0 Å². The van der Waals surface area contributed by atoms with Crippen molar-refractivity contribution in [3.05, 3.63) is 35.8 Å². The first kappa shape index (κ1) is 18.4. The van der Waals surface area contributed by atoms with Gasteiger partial charge in [0.2, 0.25) is 0 Å². The lowest BCUT2D eigenvalue weighted by molar-refractivity contribution is 0.0436. The predicted molar refractivity (Wildman–Crippen MR) is 98.9 cm³/mol. The number of fused-ring (bicyclic) bond motifs is 1. The van der Waals surface area contributed by atoms with E-state index in [-0.39, 0.29) is 12.6 Å². The predicted octanol–water partition coefficient (Wildman–Crippen LogP) is 1.21. The molecule has 3 N–H and O–H groups in total. The highest BCUT2D eigenvalue weighted by atomic mass is 16.4. The molecule has 2 unspecified atom stereocenters. The Hall–Kier alpha value is -2.35. The van der Waals surface area contributed by atoms with Gasteiger partial charge in [-0.05, 0) is 32.4 Å². The van der Waals surface area contributed by atoms with Crippen LogP contribution in [0.2, 0.25) is 0 Å². The number of furan rings is 1. The lowest BCUT2D eigenvalue weighted by Crippen LogP contribution is -2.47. The van der Waals surface area contributed by atoms with Gasteiger partial charge in [-0.15, -0.1) is 0 Å². The summed E-state index contributed by atoms with van der Waals surface area (Å²) < 4.78 is 7.30. The summed E-state index contributed by atoms with van der Waals surface area (Å²) in [5, 5.41) is 21.8. The normalized spacial score (nSPS) is 19.7. The molecule has 0 amide bonds. The van der Waals surface area contributed by atoms with Gasteiger partial charge in [-0.25, -0.2) is 14.7 Å². The van der Waals surface area contributed by atoms with E-state index >= 15 is 0 Å². The van der Waals surface area contributed by atoms with Gasteiger partial charge in [-0.1, -0.05) is 6.92 Å². The zero-order valence-electron chi connectivity index (χ0n) is 15.7. The van der Waals surface area contributed by atoms with Crippen LogP contribution in [-0.4, -0.2) is 45.0 Å². The van der Waals surface area contributed by atoms with Crippen molar-refractivity contribution >= 4 is 5.96 Å². The van der Waals surface area contributed by atoms with Gasteiger partial charge >= 0.3 is 0 Å². The third-order valence-corrected chi connectivity index (χ3v) is 4.50. The Kier molecular flexibility index (Phi) is 5.61. The van der Waals surface area contributed by atoms with Crippen LogP contribution in [0, 0.1) is 0 Å². The van der Waals surface area contributed by atoms with Gasteiger partial charge in [0.1, 0.15) is 17.2 Å². The average molecular weight is 360 g/mol. The van der Waals surface area contributed by atoms with Crippen LogP contribution in [0.5, 0.6) is 0 Å². The molecule has 2 aromatic heterocycles. The summed E-state index contributed by atoms with van der Waals surface area (Å²) in [6, 6.07) is 3.74. The standard InChI is InChI=1S/C18H28N6O2/c1-4-15-22-16-9-8-13(11-24(16)23-15)21-17(19-5-2)20-12-18(3,25)14-7-6-10-26-14/h6-7,10,13,25H,4-5,8-9,11-12H2,1-3H3,(H2,19,20,21). The molecule has 0 saturated carbocycles. The van der Waals surface area contributed by atoms with Crippen molar-refractivity contribution in [3.63, 3.8) is 0 Å². The minimum absolute atomic E-state index is 0.205. The second-order valence-electron chi connectivity index (χ2n) is 6.81. The lowest BCUT2D eigenvalue weighted by Gasteiger charge is -2.26.